The van der Waals surface area contributed by atoms with Gasteiger partial charge in [-0.15, -0.1) is 0 Å². The molecule has 0 saturated carbocycles. The van der Waals surface area contributed by atoms with E-state index in [-0.39, 0.29) is 0 Å². The van der Waals surface area contributed by atoms with Crippen molar-refractivity contribution < 1.29 is 21.6 Å². The van der Waals surface area contributed by atoms with Crippen molar-refractivity contribution in [3.05, 3.63) is 0 Å². The molecular formula is CBF3O2S. The molecule has 0 spiro atoms. The second-order valence-electron chi connectivity index (χ2n) is 0.991. The van der Waals surface area contributed by atoms with Crippen molar-refractivity contribution in [3.63, 3.8) is 0 Å². The van der Waals surface area contributed by atoms with E-state index in [0.717, 1.165) is 0 Å². The lowest BCUT2D eigenvalue weighted by molar-refractivity contribution is -0.0413. The predicted molar refractivity (Wildman–Crippen MR) is 20.7 cm³/mol. The van der Waals surface area contributed by atoms with Gasteiger partial charge in [0.05, 0.1) is 0 Å². The molecule has 8 heavy (non-hydrogen) atoms. The Labute approximate surface area is 44.9 Å². The SMILES string of the molecule is [B]S(=O)(=O)C(F)(F)F. The van der Waals surface area contributed by atoms with Crippen LogP contribution in [-0.4, -0.2) is 21.1 Å². The maximum atomic E-state index is 10.8. The van der Waals surface area contributed by atoms with E-state index in [1.807, 2.05) is 0 Å². The maximum Gasteiger partial charge on any atom is 0.485 e. The summed E-state index contributed by atoms with van der Waals surface area (Å²) in [5.41, 5.74) is -5.31. The minimum absolute atomic E-state index is 3.66. The Kier molecular flexibility index (Phi) is 1.61. The van der Waals surface area contributed by atoms with E-state index in [1.54, 1.807) is 0 Å². The highest BCUT2D eigenvalue weighted by atomic mass is 32.2. The molecular weight excluding hydrogens is 144 g/mol. The molecule has 0 aliphatic carbocycles. The Morgan fingerprint density at radius 1 is 1.25 bits per heavy atom. The summed E-state index contributed by atoms with van der Waals surface area (Å²) in [6.07, 6.45) is 0. The van der Waals surface area contributed by atoms with Gasteiger partial charge in [-0.2, -0.15) is 13.2 Å². The van der Waals surface area contributed by atoms with E-state index in [0.29, 0.717) is 0 Å². The van der Waals surface area contributed by atoms with Crippen molar-refractivity contribution in [2.75, 3.05) is 0 Å². The molecule has 0 fully saturated rings. The zero-order chi connectivity index (χ0) is 7.00. The van der Waals surface area contributed by atoms with Crippen molar-refractivity contribution in [2.24, 2.45) is 0 Å². The molecule has 0 rings (SSSR count). The molecule has 0 N–H and O–H groups in total. The molecule has 2 radical (unpaired) electrons. The van der Waals surface area contributed by atoms with Gasteiger partial charge in [0.1, 0.15) is 0 Å². The zero-order valence-electron chi connectivity index (χ0n) is 3.44. The van der Waals surface area contributed by atoms with Crippen LogP contribution < -0.4 is 0 Å². The highest BCUT2D eigenvalue weighted by molar-refractivity contribution is 8.12. The number of hydrogen-bond acceptors (Lipinski definition) is 2. The summed E-state index contributed by atoms with van der Waals surface area (Å²) in [4.78, 5) is 0. The average Bonchev–Trinajstić information content (AvgIpc) is 1.25. The smallest absolute Gasteiger partial charge is 0.234 e. The van der Waals surface area contributed by atoms with Gasteiger partial charge in [0.15, 0.2) is 9.69 Å². The highest BCUT2D eigenvalue weighted by Crippen LogP contribution is 2.20. The van der Waals surface area contributed by atoms with Crippen LogP contribution in [0.1, 0.15) is 0 Å². The minimum Gasteiger partial charge on any atom is -0.234 e. The average molecular weight is 144 g/mol. The maximum absolute atomic E-state index is 10.8. The molecule has 0 aliphatic rings. The molecule has 0 aromatic rings. The number of halogens is 3. The fourth-order valence-electron chi connectivity index (χ4n) is 0. The third kappa shape index (κ3) is 1.73. The van der Waals surface area contributed by atoms with Crippen molar-refractivity contribution in [1.82, 2.24) is 0 Å². The van der Waals surface area contributed by atoms with Crippen molar-refractivity contribution in [3.8, 4) is 0 Å². The largest absolute Gasteiger partial charge is 0.485 e. The van der Waals surface area contributed by atoms with Gasteiger partial charge in [-0.25, -0.2) is 8.42 Å². The lowest BCUT2D eigenvalue weighted by atomic mass is 10.8. The van der Waals surface area contributed by atoms with Crippen LogP contribution in [0.15, 0.2) is 0 Å². The first-order valence-corrected chi connectivity index (χ1v) is 2.89. The van der Waals surface area contributed by atoms with Crippen molar-refractivity contribution in [1.29, 1.82) is 0 Å². The molecule has 0 aromatic heterocycles. The normalized spacial score (nSPS) is 13.9. The molecule has 46 valence electrons. The fraction of sp³-hybridized carbons (Fsp3) is 1.00. The van der Waals surface area contributed by atoms with Crippen LogP contribution in [0.4, 0.5) is 13.2 Å². The van der Waals surface area contributed by atoms with Crippen LogP contribution in [0, 0.1) is 0 Å². The summed E-state index contributed by atoms with van der Waals surface area (Å²) >= 11 is 0. The highest BCUT2D eigenvalue weighted by Gasteiger charge is 2.40. The van der Waals surface area contributed by atoms with E-state index < -0.39 is 15.2 Å². The fourth-order valence-corrected chi connectivity index (χ4v) is 0. The Bertz CT molecular complexity index is 166. The Morgan fingerprint density at radius 3 is 1.38 bits per heavy atom. The van der Waals surface area contributed by atoms with Crippen molar-refractivity contribution >= 4 is 16.8 Å². The molecule has 0 heterocycles. The molecule has 7 heteroatoms. The van der Waals surface area contributed by atoms with Crippen LogP contribution >= 0.6 is 0 Å². The first kappa shape index (κ1) is 7.80. The topological polar surface area (TPSA) is 34.1 Å². The van der Waals surface area contributed by atoms with Gasteiger partial charge in [-0.1, -0.05) is 0 Å². The van der Waals surface area contributed by atoms with Crippen LogP contribution in [0.5, 0.6) is 0 Å². The van der Waals surface area contributed by atoms with E-state index >= 15 is 0 Å². The molecule has 0 atom stereocenters. The third-order valence-corrected chi connectivity index (χ3v) is 0.968. The van der Waals surface area contributed by atoms with Gasteiger partial charge in [0.2, 0.25) is 0 Å². The van der Waals surface area contributed by atoms with Crippen LogP contribution in [0.2, 0.25) is 0 Å². The molecule has 0 aromatic carbocycles. The summed E-state index contributed by atoms with van der Waals surface area (Å²) in [7, 11) is -1.68. The van der Waals surface area contributed by atoms with Gasteiger partial charge in [0.25, 0.3) is 7.12 Å². The lowest BCUT2D eigenvalue weighted by Crippen LogP contribution is -2.22. The van der Waals surface area contributed by atoms with E-state index in [1.165, 1.54) is 0 Å². The lowest BCUT2D eigenvalue weighted by Gasteiger charge is -2.00. The number of hydrogen-bond donors (Lipinski definition) is 0. The monoisotopic (exact) mass is 144 g/mol. The number of rotatable bonds is 0. The first-order chi connectivity index (χ1) is 3.25. The Hall–Kier alpha value is -0.195. The minimum atomic E-state index is -5.34. The van der Waals surface area contributed by atoms with Gasteiger partial charge >= 0.3 is 5.51 Å². The van der Waals surface area contributed by atoms with Crippen LogP contribution in [0.3, 0.4) is 0 Å². The summed E-state index contributed by atoms with van der Waals surface area (Å²) in [6, 6.07) is 0. The standard InChI is InChI=1S/CBF3O2S/c2-8(6,7)1(3,4)5. The molecule has 0 amide bonds. The van der Waals surface area contributed by atoms with Gasteiger partial charge in [-0.3, -0.25) is 0 Å². The van der Waals surface area contributed by atoms with Gasteiger partial charge in [0, 0.05) is 0 Å². The second kappa shape index (κ2) is 1.65. The Balaban J connectivity index is 4.53. The van der Waals surface area contributed by atoms with Crippen molar-refractivity contribution in [2.45, 2.75) is 5.51 Å². The molecule has 0 saturated heterocycles. The molecule has 0 bridgehead atoms. The number of alkyl halides is 3. The summed E-state index contributed by atoms with van der Waals surface area (Å²) in [6.45, 7) is 0. The molecule has 2 nitrogen and oxygen atoms in total. The van der Waals surface area contributed by atoms with E-state index in [2.05, 4.69) is 7.12 Å². The van der Waals surface area contributed by atoms with Crippen LogP contribution in [0.25, 0.3) is 0 Å². The molecule has 0 aliphatic heterocycles. The zero-order valence-corrected chi connectivity index (χ0v) is 4.25. The van der Waals surface area contributed by atoms with E-state index in [4.69, 9.17) is 0 Å². The predicted octanol–water partition coefficient (Wildman–Crippen LogP) is 0.00450. The van der Waals surface area contributed by atoms with E-state index in [9.17, 15) is 21.6 Å². The van der Waals surface area contributed by atoms with Gasteiger partial charge < -0.3 is 0 Å². The third-order valence-electron chi connectivity index (χ3n) is 0.323. The summed E-state index contributed by atoms with van der Waals surface area (Å²) in [5.74, 6) is 0. The van der Waals surface area contributed by atoms with Crippen LogP contribution in [-0.2, 0) is 9.69 Å². The summed E-state index contributed by atoms with van der Waals surface area (Å²) in [5, 5.41) is 0. The summed E-state index contributed by atoms with van der Waals surface area (Å²) < 4.78 is 51.2. The quantitative estimate of drug-likeness (QED) is 0.448. The second-order valence-corrected chi connectivity index (χ2v) is 2.54. The first-order valence-electron chi connectivity index (χ1n) is 1.34. The Morgan fingerprint density at radius 2 is 1.38 bits per heavy atom. The molecule has 0 unspecified atom stereocenters. The van der Waals surface area contributed by atoms with Gasteiger partial charge in [-0.05, 0) is 0 Å².